The summed E-state index contributed by atoms with van der Waals surface area (Å²) in [6.07, 6.45) is 4.34. The van der Waals surface area contributed by atoms with E-state index in [1.807, 2.05) is 72.8 Å². The van der Waals surface area contributed by atoms with Crippen molar-refractivity contribution in [2.75, 3.05) is 37.9 Å². The molecule has 2 heterocycles. The fraction of sp³-hybridized carbons (Fsp3) is 0.235. The highest BCUT2D eigenvalue weighted by Crippen LogP contribution is 2.35. The summed E-state index contributed by atoms with van der Waals surface area (Å²) in [6, 6.07) is 23.7. The molecule has 0 fully saturated rings. The van der Waals surface area contributed by atoms with Crippen LogP contribution in [0.5, 0.6) is 11.5 Å². The standard InChI is InChI=1S/C34H32Cl2N4O2.ClH/c1-41-23-9-13-29-27(19-23)33(25-11-7-21(35)17-31(25)39-29)37-15-5-3-4-6-16-38-34-26-12-8-22(36)18-32(26)40-30-14-10-24(42-2)20-28(30)34;/h7-14,17-20H,3-6,15-16H2,1-2H3,(H,37,39)(H,38,40);1H. The molecule has 222 valence electrons. The smallest absolute Gasteiger partial charge is 0.119 e. The Morgan fingerprint density at radius 3 is 1.40 bits per heavy atom. The number of aromatic nitrogens is 2. The lowest BCUT2D eigenvalue weighted by Crippen LogP contribution is -2.05. The van der Waals surface area contributed by atoms with Gasteiger partial charge in [-0.05, 0) is 85.6 Å². The van der Waals surface area contributed by atoms with E-state index in [9.17, 15) is 0 Å². The zero-order chi connectivity index (χ0) is 29.1. The number of nitrogens with zero attached hydrogens (tertiary/aromatic N) is 2. The predicted octanol–water partition coefficient (Wildman–Crippen LogP) is 9.92. The summed E-state index contributed by atoms with van der Waals surface area (Å²) >= 11 is 12.5. The van der Waals surface area contributed by atoms with Gasteiger partial charge in [0.15, 0.2) is 0 Å². The summed E-state index contributed by atoms with van der Waals surface area (Å²) in [5, 5.41) is 12.9. The van der Waals surface area contributed by atoms with Crippen molar-refractivity contribution in [1.29, 1.82) is 0 Å². The van der Waals surface area contributed by atoms with Crippen molar-refractivity contribution in [1.82, 2.24) is 9.97 Å². The Kier molecular flexibility index (Phi) is 9.81. The van der Waals surface area contributed by atoms with Crippen molar-refractivity contribution in [3.8, 4) is 11.5 Å². The quantitative estimate of drug-likeness (QED) is 0.109. The van der Waals surface area contributed by atoms with Crippen molar-refractivity contribution < 1.29 is 9.47 Å². The molecule has 0 amide bonds. The van der Waals surface area contributed by atoms with Crippen LogP contribution < -0.4 is 20.1 Å². The molecule has 0 saturated carbocycles. The average Bonchev–Trinajstić information content (AvgIpc) is 3.00. The van der Waals surface area contributed by atoms with Crippen LogP contribution in [0.2, 0.25) is 10.0 Å². The van der Waals surface area contributed by atoms with E-state index in [1.165, 1.54) is 0 Å². The van der Waals surface area contributed by atoms with Gasteiger partial charge in [-0.1, -0.05) is 36.0 Å². The molecule has 6 nitrogen and oxygen atoms in total. The summed E-state index contributed by atoms with van der Waals surface area (Å²) < 4.78 is 11.0. The number of nitrogens with one attached hydrogen (secondary N) is 2. The van der Waals surface area contributed by atoms with Crippen LogP contribution in [0.15, 0.2) is 72.8 Å². The number of hydrogen-bond donors (Lipinski definition) is 2. The average molecular weight is 636 g/mol. The molecule has 9 heteroatoms. The van der Waals surface area contributed by atoms with E-state index in [0.717, 1.165) is 105 Å². The number of benzene rings is 4. The molecule has 2 aromatic heterocycles. The van der Waals surface area contributed by atoms with Crippen LogP contribution in [0.4, 0.5) is 11.4 Å². The maximum atomic E-state index is 6.27. The van der Waals surface area contributed by atoms with Crippen LogP contribution >= 0.6 is 35.6 Å². The van der Waals surface area contributed by atoms with Crippen LogP contribution in [0, 0.1) is 0 Å². The van der Waals surface area contributed by atoms with E-state index in [0.29, 0.717) is 10.0 Å². The molecular weight excluding hydrogens is 603 g/mol. The maximum Gasteiger partial charge on any atom is 0.119 e. The van der Waals surface area contributed by atoms with E-state index < -0.39 is 0 Å². The number of hydrogen-bond acceptors (Lipinski definition) is 6. The number of rotatable bonds is 11. The van der Waals surface area contributed by atoms with Crippen LogP contribution in [-0.4, -0.2) is 37.3 Å². The second-order valence-corrected chi connectivity index (χ2v) is 11.2. The highest BCUT2D eigenvalue weighted by atomic mass is 35.5. The van der Waals surface area contributed by atoms with Gasteiger partial charge in [0.25, 0.3) is 0 Å². The van der Waals surface area contributed by atoms with E-state index in [-0.39, 0.29) is 12.4 Å². The SMILES string of the molecule is COc1ccc2nc3cc(Cl)ccc3c(NCCCCCCNc3c4ccc(Cl)cc4nc4ccc(OC)cc34)c2c1.Cl. The molecule has 0 aliphatic rings. The molecule has 0 saturated heterocycles. The van der Waals surface area contributed by atoms with Gasteiger partial charge in [-0.15, -0.1) is 12.4 Å². The molecule has 0 radical (unpaired) electrons. The summed E-state index contributed by atoms with van der Waals surface area (Å²) in [4.78, 5) is 9.65. The molecule has 0 aliphatic carbocycles. The molecule has 2 N–H and O–H groups in total. The van der Waals surface area contributed by atoms with Crippen LogP contribution in [0.3, 0.4) is 0 Å². The van der Waals surface area contributed by atoms with Gasteiger partial charge < -0.3 is 20.1 Å². The summed E-state index contributed by atoms with van der Waals surface area (Å²) in [6.45, 7) is 1.73. The zero-order valence-corrected chi connectivity index (χ0v) is 26.4. The Balaban J connectivity index is 0.00000368. The van der Waals surface area contributed by atoms with Crippen molar-refractivity contribution in [3.05, 3.63) is 82.8 Å². The highest BCUT2D eigenvalue weighted by molar-refractivity contribution is 6.32. The van der Waals surface area contributed by atoms with Crippen LogP contribution in [-0.2, 0) is 0 Å². The van der Waals surface area contributed by atoms with Crippen molar-refractivity contribution in [3.63, 3.8) is 0 Å². The molecular formula is C34H33Cl3N4O2. The van der Waals surface area contributed by atoms with E-state index in [1.54, 1.807) is 14.2 Å². The largest absolute Gasteiger partial charge is 0.497 e. The molecule has 0 aliphatic heterocycles. The molecule has 0 spiro atoms. The van der Waals surface area contributed by atoms with E-state index in [4.69, 9.17) is 42.6 Å². The third-order valence-electron chi connectivity index (χ3n) is 7.59. The Bertz CT molecular complexity index is 1780. The second kappa shape index (κ2) is 13.7. The Labute approximate surface area is 267 Å². The number of methoxy groups -OCH3 is 2. The van der Waals surface area contributed by atoms with E-state index in [2.05, 4.69) is 10.6 Å². The Morgan fingerprint density at radius 1 is 0.535 bits per heavy atom. The maximum absolute atomic E-state index is 6.27. The first kappa shape index (κ1) is 30.7. The van der Waals surface area contributed by atoms with E-state index >= 15 is 0 Å². The first-order valence-electron chi connectivity index (χ1n) is 14.2. The van der Waals surface area contributed by atoms with Gasteiger partial charge in [0.2, 0.25) is 0 Å². The predicted molar refractivity (Wildman–Crippen MR) is 184 cm³/mol. The lowest BCUT2D eigenvalue weighted by Gasteiger charge is -2.15. The number of ether oxygens (including phenoxy) is 2. The molecule has 0 unspecified atom stereocenters. The van der Waals surface area contributed by atoms with Crippen LogP contribution in [0.1, 0.15) is 25.7 Å². The van der Waals surface area contributed by atoms with Gasteiger partial charge >= 0.3 is 0 Å². The van der Waals surface area contributed by atoms with Gasteiger partial charge in [-0.3, -0.25) is 0 Å². The van der Waals surface area contributed by atoms with Gasteiger partial charge in [0.05, 0.1) is 47.7 Å². The first-order valence-corrected chi connectivity index (χ1v) is 14.9. The minimum Gasteiger partial charge on any atom is -0.497 e. The summed E-state index contributed by atoms with van der Waals surface area (Å²) in [7, 11) is 3.37. The number of unbranched alkanes of at least 4 members (excludes halogenated alkanes) is 3. The number of fused-ring (bicyclic) bond motifs is 4. The third kappa shape index (κ3) is 6.62. The molecule has 4 aromatic carbocycles. The molecule has 0 bridgehead atoms. The Morgan fingerprint density at radius 2 is 0.977 bits per heavy atom. The fourth-order valence-corrected chi connectivity index (χ4v) is 5.79. The number of pyridine rings is 2. The Hall–Kier alpha value is -3.71. The van der Waals surface area contributed by atoms with Gasteiger partial charge in [0, 0.05) is 44.7 Å². The zero-order valence-electron chi connectivity index (χ0n) is 24.0. The highest BCUT2D eigenvalue weighted by Gasteiger charge is 2.12. The summed E-state index contributed by atoms with van der Waals surface area (Å²) in [5.41, 5.74) is 5.72. The van der Waals surface area contributed by atoms with Gasteiger partial charge in [-0.25, -0.2) is 9.97 Å². The van der Waals surface area contributed by atoms with Crippen molar-refractivity contribution in [2.45, 2.75) is 25.7 Å². The molecule has 43 heavy (non-hydrogen) atoms. The molecule has 6 rings (SSSR count). The summed E-state index contributed by atoms with van der Waals surface area (Å²) in [5.74, 6) is 1.62. The first-order chi connectivity index (χ1) is 20.5. The molecule has 0 atom stereocenters. The van der Waals surface area contributed by atoms with Crippen molar-refractivity contribution in [2.24, 2.45) is 0 Å². The topological polar surface area (TPSA) is 68.3 Å². The minimum atomic E-state index is 0. The third-order valence-corrected chi connectivity index (χ3v) is 8.06. The lowest BCUT2D eigenvalue weighted by atomic mass is 10.1. The normalized spacial score (nSPS) is 11.2. The van der Waals surface area contributed by atoms with Gasteiger partial charge in [-0.2, -0.15) is 0 Å². The monoisotopic (exact) mass is 634 g/mol. The van der Waals surface area contributed by atoms with Crippen molar-refractivity contribution >= 4 is 90.6 Å². The number of anilines is 2. The minimum absolute atomic E-state index is 0. The lowest BCUT2D eigenvalue weighted by molar-refractivity contribution is 0.415. The molecule has 6 aromatic rings. The fourth-order valence-electron chi connectivity index (χ4n) is 5.46. The van der Waals surface area contributed by atoms with Crippen LogP contribution in [0.25, 0.3) is 43.6 Å². The second-order valence-electron chi connectivity index (χ2n) is 10.3. The number of halogens is 3. The van der Waals surface area contributed by atoms with Gasteiger partial charge in [0.1, 0.15) is 11.5 Å².